The highest BCUT2D eigenvalue weighted by atomic mass is 35.5. The predicted octanol–water partition coefficient (Wildman–Crippen LogP) is 0.555. The first-order valence-corrected chi connectivity index (χ1v) is 5.56. The monoisotopic (exact) mass is 243 g/mol. The van der Waals surface area contributed by atoms with E-state index in [9.17, 15) is 0 Å². The van der Waals surface area contributed by atoms with Crippen molar-refractivity contribution in [3.8, 4) is 6.01 Å². The van der Waals surface area contributed by atoms with Crippen molar-refractivity contribution in [1.82, 2.24) is 20.3 Å². The van der Waals surface area contributed by atoms with Crippen LogP contribution in [0.25, 0.3) is 0 Å². The molecule has 0 bridgehead atoms. The largest absolute Gasteiger partial charge is 0.467 e. The van der Waals surface area contributed by atoms with Crippen LogP contribution in [0.4, 0.5) is 5.95 Å². The van der Waals surface area contributed by atoms with Gasteiger partial charge in [-0.1, -0.05) is 0 Å². The molecule has 0 aromatic carbocycles. The Morgan fingerprint density at radius 2 is 2.38 bits per heavy atom. The lowest BCUT2D eigenvalue weighted by atomic mass is 10.1. The lowest BCUT2D eigenvalue weighted by Crippen LogP contribution is -2.18. The van der Waals surface area contributed by atoms with Crippen LogP contribution in [0, 0.1) is 5.92 Å². The molecule has 2 N–H and O–H groups in total. The van der Waals surface area contributed by atoms with Gasteiger partial charge in [-0.2, -0.15) is 15.0 Å². The summed E-state index contributed by atoms with van der Waals surface area (Å²) < 4.78 is 4.91. The molecule has 7 heteroatoms. The molecule has 1 aromatic rings. The lowest BCUT2D eigenvalue weighted by molar-refractivity contribution is 0.378. The lowest BCUT2D eigenvalue weighted by Gasteiger charge is -2.10. The van der Waals surface area contributed by atoms with E-state index < -0.39 is 0 Å². The number of anilines is 1. The third-order valence-electron chi connectivity index (χ3n) is 2.48. The summed E-state index contributed by atoms with van der Waals surface area (Å²) in [5, 5.41) is 6.57. The average Bonchev–Trinajstić information content (AvgIpc) is 2.78. The molecule has 0 radical (unpaired) electrons. The number of halogens is 1. The van der Waals surface area contributed by atoms with Crippen molar-refractivity contribution in [2.75, 3.05) is 32.1 Å². The van der Waals surface area contributed by atoms with E-state index in [1.54, 1.807) is 0 Å². The van der Waals surface area contributed by atoms with E-state index in [0.29, 0.717) is 11.9 Å². The van der Waals surface area contributed by atoms with Crippen LogP contribution in [0.15, 0.2) is 0 Å². The first kappa shape index (κ1) is 11.3. The summed E-state index contributed by atoms with van der Waals surface area (Å²) in [6.45, 7) is 2.94. The van der Waals surface area contributed by atoms with E-state index in [0.717, 1.165) is 19.6 Å². The van der Waals surface area contributed by atoms with Crippen LogP contribution in [0.5, 0.6) is 6.01 Å². The van der Waals surface area contributed by atoms with Gasteiger partial charge in [0.15, 0.2) is 0 Å². The third kappa shape index (κ3) is 2.93. The molecule has 1 unspecified atom stereocenters. The Labute approximate surface area is 98.8 Å². The maximum Gasteiger partial charge on any atom is 0.322 e. The van der Waals surface area contributed by atoms with E-state index in [-0.39, 0.29) is 11.3 Å². The van der Waals surface area contributed by atoms with E-state index >= 15 is 0 Å². The van der Waals surface area contributed by atoms with Crippen LogP contribution in [-0.4, -0.2) is 41.7 Å². The van der Waals surface area contributed by atoms with Crippen LogP contribution in [0.2, 0.25) is 5.28 Å². The highest BCUT2D eigenvalue weighted by Gasteiger charge is 2.14. The molecule has 0 spiro atoms. The Balaban J connectivity index is 1.94. The van der Waals surface area contributed by atoms with Gasteiger partial charge in [0.2, 0.25) is 11.2 Å². The molecule has 0 amide bonds. The van der Waals surface area contributed by atoms with E-state index in [4.69, 9.17) is 16.3 Å². The smallest absolute Gasteiger partial charge is 0.322 e. The molecule has 0 saturated carbocycles. The van der Waals surface area contributed by atoms with Crippen LogP contribution >= 0.6 is 11.6 Å². The first-order chi connectivity index (χ1) is 7.78. The first-order valence-electron chi connectivity index (χ1n) is 5.18. The van der Waals surface area contributed by atoms with Crippen LogP contribution < -0.4 is 15.4 Å². The van der Waals surface area contributed by atoms with Gasteiger partial charge in [-0.3, -0.25) is 0 Å². The zero-order valence-corrected chi connectivity index (χ0v) is 9.79. The van der Waals surface area contributed by atoms with Gasteiger partial charge >= 0.3 is 6.01 Å². The second-order valence-corrected chi connectivity index (χ2v) is 3.99. The topological polar surface area (TPSA) is 72.0 Å². The molecular formula is C9H14ClN5O. The number of ether oxygens (including phenoxy) is 1. The Bertz CT molecular complexity index is 356. The van der Waals surface area contributed by atoms with Gasteiger partial charge < -0.3 is 15.4 Å². The molecule has 88 valence electrons. The van der Waals surface area contributed by atoms with E-state index in [1.165, 1.54) is 13.5 Å². The number of hydrogen-bond acceptors (Lipinski definition) is 6. The molecule has 6 nitrogen and oxygen atoms in total. The Morgan fingerprint density at radius 1 is 1.50 bits per heavy atom. The molecule has 1 aliphatic heterocycles. The summed E-state index contributed by atoms with van der Waals surface area (Å²) in [4.78, 5) is 11.8. The molecule has 2 rings (SSSR count). The van der Waals surface area contributed by atoms with Gasteiger partial charge in [-0.25, -0.2) is 0 Å². The van der Waals surface area contributed by atoms with Gasteiger partial charge in [-0.05, 0) is 37.0 Å². The Kier molecular flexibility index (Phi) is 3.74. The number of rotatable bonds is 4. The fourth-order valence-corrected chi connectivity index (χ4v) is 1.78. The predicted molar refractivity (Wildman–Crippen MR) is 60.9 cm³/mol. The fraction of sp³-hybridized carbons (Fsp3) is 0.667. The van der Waals surface area contributed by atoms with E-state index in [2.05, 4.69) is 25.6 Å². The molecule has 1 saturated heterocycles. The summed E-state index contributed by atoms with van der Waals surface area (Å²) >= 11 is 5.73. The number of nitrogens with zero attached hydrogens (tertiary/aromatic N) is 3. The molecular weight excluding hydrogens is 230 g/mol. The van der Waals surface area contributed by atoms with Gasteiger partial charge in [0.25, 0.3) is 0 Å². The average molecular weight is 244 g/mol. The van der Waals surface area contributed by atoms with Gasteiger partial charge in [0.05, 0.1) is 7.11 Å². The number of nitrogens with one attached hydrogen (secondary N) is 2. The molecule has 2 heterocycles. The summed E-state index contributed by atoms with van der Waals surface area (Å²) in [6.07, 6.45) is 1.17. The SMILES string of the molecule is COc1nc(Cl)nc(NCC2CCNC2)n1. The summed E-state index contributed by atoms with van der Waals surface area (Å²) in [5.74, 6) is 1.07. The van der Waals surface area contributed by atoms with Gasteiger partial charge in [0.1, 0.15) is 0 Å². The van der Waals surface area contributed by atoms with Gasteiger partial charge in [-0.15, -0.1) is 0 Å². The van der Waals surface area contributed by atoms with Gasteiger partial charge in [0, 0.05) is 6.54 Å². The maximum absolute atomic E-state index is 5.73. The number of methoxy groups -OCH3 is 1. The zero-order valence-electron chi connectivity index (χ0n) is 9.03. The second kappa shape index (κ2) is 5.27. The fourth-order valence-electron chi connectivity index (χ4n) is 1.63. The second-order valence-electron chi connectivity index (χ2n) is 3.65. The standard InChI is InChI=1S/C9H14ClN5O/c1-16-9-14-7(10)13-8(15-9)12-5-6-2-3-11-4-6/h6,11H,2-5H2,1H3,(H,12,13,14,15). The molecule has 16 heavy (non-hydrogen) atoms. The molecule has 1 aliphatic rings. The molecule has 1 fully saturated rings. The van der Waals surface area contributed by atoms with Crippen molar-refractivity contribution in [2.24, 2.45) is 5.92 Å². The van der Waals surface area contributed by atoms with Crippen LogP contribution in [-0.2, 0) is 0 Å². The van der Waals surface area contributed by atoms with Crippen molar-refractivity contribution in [3.05, 3.63) is 5.28 Å². The number of hydrogen-bond donors (Lipinski definition) is 2. The summed E-state index contributed by atoms with van der Waals surface area (Å²) in [7, 11) is 1.50. The van der Waals surface area contributed by atoms with Crippen LogP contribution in [0.3, 0.4) is 0 Å². The maximum atomic E-state index is 5.73. The van der Waals surface area contributed by atoms with Crippen molar-refractivity contribution >= 4 is 17.5 Å². The minimum atomic E-state index is 0.138. The normalized spacial score (nSPS) is 19.8. The third-order valence-corrected chi connectivity index (χ3v) is 2.65. The highest BCUT2D eigenvalue weighted by Crippen LogP contribution is 2.12. The molecule has 1 aromatic heterocycles. The Morgan fingerprint density at radius 3 is 3.06 bits per heavy atom. The van der Waals surface area contributed by atoms with Crippen LogP contribution in [0.1, 0.15) is 6.42 Å². The number of aromatic nitrogens is 3. The highest BCUT2D eigenvalue weighted by molar-refractivity contribution is 6.28. The Hall–Kier alpha value is -1.14. The minimum absolute atomic E-state index is 0.138. The van der Waals surface area contributed by atoms with E-state index in [1.807, 2.05) is 0 Å². The zero-order chi connectivity index (χ0) is 11.4. The summed E-state index contributed by atoms with van der Waals surface area (Å²) in [6, 6.07) is 0.229. The van der Waals surface area contributed by atoms with Crippen molar-refractivity contribution < 1.29 is 4.74 Å². The summed E-state index contributed by atoms with van der Waals surface area (Å²) in [5.41, 5.74) is 0. The quantitative estimate of drug-likeness (QED) is 0.805. The molecule has 1 atom stereocenters. The van der Waals surface area contributed by atoms with Crippen molar-refractivity contribution in [2.45, 2.75) is 6.42 Å². The molecule has 0 aliphatic carbocycles. The van der Waals surface area contributed by atoms with Crippen molar-refractivity contribution in [3.63, 3.8) is 0 Å². The van der Waals surface area contributed by atoms with Crippen molar-refractivity contribution in [1.29, 1.82) is 0 Å². The minimum Gasteiger partial charge on any atom is -0.467 e.